The highest BCUT2D eigenvalue weighted by molar-refractivity contribution is 9.10. The second-order valence-electron chi connectivity index (χ2n) is 4.27. The zero-order valence-electron chi connectivity index (χ0n) is 11.0. The third-order valence-electron chi connectivity index (χ3n) is 2.63. The van der Waals surface area contributed by atoms with E-state index in [1.165, 1.54) is 18.2 Å². The monoisotopic (exact) mass is 333 g/mol. The van der Waals surface area contributed by atoms with Crippen molar-refractivity contribution in [2.45, 2.75) is 32.7 Å². The second kappa shape index (κ2) is 8.94. The van der Waals surface area contributed by atoms with Gasteiger partial charge in [-0.15, -0.1) is 0 Å². The maximum Gasteiger partial charge on any atom is 0.126 e. The summed E-state index contributed by atoms with van der Waals surface area (Å²) in [4.78, 5) is 0. The van der Waals surface area contributed by atoms with Crippen LogP contribution in [0.25, 0.3) is 0 Å². The minimum atomic E-state index is -0.110. The van der Waals surface area contributed by atoms with Crippen LogP contribution in [-0.4, -0.2) is 24.1 Å². The highest BCUT2D eigenvalue weighted by atomic mass is 79.9. The number of thioether (sulfide) groups is 1. The Morgan fingerprint density at radius 3 is 2.83 bits per heavy atom. The summed E-state index contributed by atoms with van der Waals surface area (Å²) in [6.07, 6.45) is 1.94. The Labute approximate surface area is 122 Å². The third kappa shape index (κ3) is 5.72. The predicted octanol–water partition coefficient (Wildman–Crippen LogP) is 4.25. The molecule has 0 saturated carbocycles. The van der Waals surface area contributed by atoms with Crippen LogP contribution in [0.15, 0.2) is 22.7 Å². The minimum absolute atomic E-state index is 0.110. The summed E-state index contributed by atoms with van der Waals surface area (Å²) in [6.45, 7) is 5.20. The highest BCUT2D eigenvalue weighted by Gasteiger charge is 2.11. The van der Waals surface area contributed by atoms with Crippen molar-refractivity contribution in [3.8, 4) is 0 Å². The second-order valence-corrected chi connectivity index (χ2v) is 6.33. The normalized spacial score (nSPS) is 12.7. The molecule has 0 spiro atoms. The van der Waals surface area contributed by atoms with Crippen LogP contribution in [0.5, 0.6) is 0 Å². The van der Waals surface area contributed by atoms with Crippen molar-refractivity contribution in [1.29, 1.82) is 0 Å². The van der Waals surface area contributed by atoms with Gasteiger partial charge in [-0.3, -0.25) is 0 Å². The maximum absolute atomic E-state index is 13.7. The van der Waals surface area contributed by atoms with Crippen LogP contribution in [-0.2, 0) is 6.42 Å². The van der Waals surface area contributed by atoms with E-state index in [0.717, 1.165) is 28.8 Å². The molecule has 102 valence electrons. The lowest BCUT2D eigenvalue weighted by atomic mass is 10.1. The van der Waals surface area contributed by atoms with Gasteiger partial charge in [-0.25, -0.2) is 4.39 Å². The molecule has 0 aliphatic heterocycles. The van der Waals surface area contributed by atoms with E-state index >= 15 is 0 Å². The molecular formula is C14H21BrFNS. The minimum Gasteiger partial charge on any atom is -0.313 e. The smallest absolute Gasteiger partial charge is 0.126 e. The van der Waals surface area contributed by atoms with Gasteiger partial charge in [0.25, 0.3) is 0 Å². The number of hydrogen-bond donors (Lipinski definition) is 1. The van der Waals surface area contributed by atoms with Crippen LogP contribution >= 0.6 is 27.7 Å². The van der Waals surface area contributed by atoms with Gasteiger partial charge in [0, 0.05) is 16.3 Å². The molecule has 0 bridgehead atoms. The summed E-state index contributed by atoms with van der Waals surface area (Å²) in [5.41, 5.74) is 0.785. The van der Waals surface area contributed by atoms with Gasteiger partial charge < -0.3 is 5.32 Å². The Morgan fingerprint density at radius 1 is 1.39 bits per heavy atom. The van der Waals surface area contributed by atoms with Gasteiger partial charge in [0.05, 0.1) is 0 Å². The number of benzene rings is 1. The average Bonchev–Trinajstić information content (AvgIpc) is 2.34. The molecule has 0 radical (unpaired) electrons. The van der Waals surface area contributed by atoms with Crippen LogP contribution in [0.3, 0.4) is 0 Å². The molecule has 1 nitrogen and oxygen atoms in total. The fraction of sp³-hybridized carbons (Fsp3) is 0.571. The van der Waals surface area contributed by atoms with Crippen molar-refractivity contribution in [2.75, 3.05) is 18.1 Å². The van der Waals surface area contributed by atoms with Crippen LogP contribution in [0.2, 0.25) is 0 Å². The SMILES string of the molecule is CCCSCC(Cc1cc(Br)ccc1F)NCC. The zero-order valence-corrected chi connectivity index (χ0v) is 13.4. The van der Waals surface area contributed by atoms with E-state index in [0.29, 0.717) is 6.04 Å². The number of likely N-dealkylation sites (N-methyl/N-ethyl adjacent to an activating group) is 1. The third-order valence-corrected chi connectivity index (χ3v) is 4.46. The largest absolute Gasteiger partial charge is 0.313 e. The summed E-state index contributed by atoms with van der Waals surface area (Å²) in [7, 11) is 0. The van der Waals surface area contributed by atoms with E-state index in [-0.39, 0.29) is 5.82 Å². The van der Waals surface area contributed by atoms with Crippen LogP contribution in [0, 0.1) is 5.82 Å². The molecule has 0 aromatic heterocycles. The summed E-state index contributed by atoms with van der Waals surface area (Å²) in [5, 5.41) is 3.43. The van der Waals surface area contributed by atoms with Gasteiger partial charge >= 0.3 is 0 Å². The van der Waals surface area contributed by atoms with E-state index < -0.39 is 0 Å². The lowest BCUT2D eigenvalue weighted by molar-refractivity contribution is 0.545. The first-order valence-electron chi connectivity index (χ1n) is 6.42. The fourth-order valence-electron chi connectivity index (χ4n) is 1.81. The molecule has 0 fully saturated rings. The van der Waals surface area contributed by atoms with Gasteiger partial charge in [-0.05, 0) is 48.9 Å². The summed E-state index contributed by atoms with van der Waals surface area (Å²) < 4.78 is 14.6. The first kappa shape index (κ1) is 16.0. The number of rotatable bonds is 8. The van der Waals surface area contributed by atoms with Crippen molar-refractivity contribution in [1.82, 2.24) is 5.32 Å². The Hall–Kier alpha value is -0.0600. The van der Waals surface area contributed by atoms with Crippen molar-refractivity contribution >= 4 is 27.7 Å². The number of hydrogen-bond acceptors (Lipinski definition) is 2. The Balaban J connectivity index is 2.60. The lowest BCUT2D eigenvalue weighted by Crippen LogP contribution is -2.33. The molecule has 0 aliphatic rings. The molecule has 1 aromatic rings. The van der Waals surface area contributed by atoms with Gasteiger partial charge in [-0.2, -0.15) is 11.8 Å². The Kier molecular flexibility index (Phi) is 7.95. The lowest BCUT2D eigenvalue weighted by Gasteiger charge is -2.18. The molecular weight excluding hydrogens is 313 g/mol. The van der Waals surface area contributed by atoms with Crippen LogP contribution < -0.4 is 5.32 Å². The van der Waals surface area contributed by atoms with Crippen molar-refractivity contribution in [3.63, 3.8) is 0 Å². The van der Waals surface area contributed by atoms with Crippen molar-refractivity contribution in [3.05, 3.63) is 34.1 Å². The van der Waals surface area contributed by atoms with E-state index in [1.54, 1.807) is 6.07 Å². The molecule has 18 heavy (non-hydrogen) atoms. The maximum atomic E-state index is 13.7. The van der Waals surface area contributed by atoms with E-state index in [9.17, 15) is 4.39 Å². The van der Waals surface area contributed by atoms with Gasteiger partial charge in [-0.1, -0.05) is 29.8 Å². The quantitative estimate of drug-likeness (QED) is 0.713. The molecule has 1 atom stereocenters. The van der Waals surface area contributed by atoms with E-state index in [1.807, 2.05) is 17.8 Å². The predicted molar refractivity (Wildman–Crippen MR) is 82.9 cm³/mol. The molecule has 1 rings (SSSR count). The Morgan fingerprint density at radius 2 is 2.17 bits per heavy atom. The Bertz CT molecular complexity index is 360. The van der Waals surface area contributed by atoms with Gasteiger partial charge in [0.2, 0.25) is 0 Å². The standard InChI is InChI=1S/C14H21BrFNS/c1-3-7-18-10-13(17-4-2)9-11-8-12(15)5-6-14(11)16/h5-6,8,13,17H,3-4,7,9-10H2,1-2H3. The molecule has 0 amide bonds. The van der Waals surface area contributed by atoms with E-state index in [4.69, 9.17) is 0 Å². The highest BCUT2D eigenvalue weighted by Crippen LogP contribution is 2.18. The van der Waals surface area contributed by atoms with Crippen molar-refractivity contribution in [2.24, 2.45) is 0 Å². The van der Waals surface area contributed by atoms with Crippen LogP contribution in [0.4, 0.5) is 4.39 Å². The van der Waals surface area contributed by atoms with Crippen molar-refractivity contribution < 1.29 is 4.39 Å². The zero-order chi connectivity index (χ0) is 13.4. The summed E-state index contributed by atoms with van der Waals surface area (Å²) >= 11 is 5.33. The summed E-state index contributed by atoms with van der Waals surface area (Å²) in [5.74, 6) is 2.10. The first-order chi connectivity index (χ1) is 8.67. The van der Waals surface area contributed by atoms with Crippen LogP contribution in [0.1, 0.15) is 25.8 Å². The molecule has 0 saturated heterocycles. The van der Waals surface area contributed by atoms with Gasteiger partial charge in [0.15, 0.2) is 0 Å². The molecule has 0 aliphatic carbocycles. The topological polar surface area (TPSA) is 12.0 Å². The van der Waals surface area contributed by atoms with Gasteiger partial charge in [0.1, 0.15) is 5.82 Å². The molecule has 1 aromatic carbocycles. The molecule has 4 heteroatoms. The number of nitrogens with one attached hydrogen (secondary N) is 1. The average molecular weight is 334 g/mol. The molecule has 1 N–H and O–H groups in total. The number of halogens is 2. The molecule has 0 heterocycles. The molecule has 1 unspecified atom stereocenters. The first-order valence-corrected chi connectivity index (χ1v) is 8.37. The summed E-state index contributed by atoms with van der Waals surface area (Å²) in [6, 6.07) is 5.49. The fourth-order valence-corrected chi connectivity index (χ4v) is 3.20. The van der Waals surface area contributed by atoms with E-state index in [2.05, 4.69) is 35.1 Å².